The van der Waals surface area contributed by atoms with E-state index in [4.69, 9.17) is 9.29 Å². The van der Waals surface area contributed by atoms with E-state index in [0.29, 0.717) is 11.5 Å². The molecule has 0 saturated heterocycles. The first-order valence-corrected chi connectivity index (χ1v) is 10.9. The second-order valence-electron chi connectivity index (χ2n) is 6.69. The third-order valence-corrected chi connectivity index (χ3v) is 5.33. The summed E-state index contributed by atoms with van der Waals surface area (Å²) in [6.45, 7) is 2.21. The fraction of sp³-hybridized carbons (Fsp3) is 0.429. The van der Waals surface area contributed by atoms with Gasteiger partial charge in [-0.2, -0.15) is 8.42 Å². The largest absolute Gasteiger partial charge is 0.504 e. The molecule has 6 heteroatoms. The van der Waals surface area contributed by atoms with Crippen LogP contribution in [0.5, 0.6) is 17.2 Å². The van der Waals surface area contributed by atoms with Crippen LogP contribution in [0.4, 0.5) is 0 Å². The lowest BCUT2D eigenvalue weighted by molar-refractivity contribution is 0.406. The zero-order valence-electron chi connectivity index (χ0n) is 15.7. The van der Waals surface area contributed by atoms with E-state index in [9.17, 15) is 13.5 Å². The Bertz CT molecular complexity index is 813. The van der Waals surface area contributed by atoms with Gasteiger partial charge >= 0.3 is 0 Å². The Balaban J connectivity index is 1.98. The van der Waals surface area contributed by atoms with Crippen LogP contribution in [0, 0.1) is 0 Å². The predicted octanol–water partition coefficient (Wildman–Crippen LogP) is 5.72. The number of benzene rings is 2. The Morgan fingerprint density at radius 1 is 0.889 bits per heavy atom. The molecule has 5 nitrogen and oxygen atoms in total. The summed E-state index contributed by atoms with van der Waals surface area (Å²) in [6.07, 6.45) is 9.27. The Morgan fingerprint density at radius 3 is 2.15 bits per heavy atom. The van der Waals surface area contributed by atoms with Gasteiger partial charge in [0, 0.05) is 0 Å². The van der Waals surface area contributed by atoms with Crippen LogP contribution in [0.25, 0.3) is 0 Å². The van der Waals surface area contributed by atoms with Gasteiger partial charge in [0.1, 0.15) is 5.75 Å². The molecule has 0 aliphatic heterocycles. The van der Waals surface area contributed by atoms with Crippen molar-refractivity contribution in [1.82, 2.24) is 0 Å². The topological polar surface area (TPSA) is 83.8 Å². The summed E-state index contributed by atoms with van der Waals surface area (Å²) in [5.74, 6) is 0.835. The molecule has 2 aromatic carbocycles. The van der Waals surface area contributed by atoms with Crippen LogP contribution in [0.3, 0.4) is 0 Å². The van der Waals surface area contributed by atoms with Gasteiger partial charge in [0.05, 0.1) is 4.90 Å². The maximum atomic E-state index is 11.1. The van der Waals surface area contributed by atoms with Crippen molar-refractivity contribution in [3.05, 3.63) is 48.0 Å². The average molecular weight is 393 g/mol. The molecule has 0 amide bonds. The molecular weight excluding hydrogens is 364 g/mol. The molecule has 0 aliphatic carbocycles. The molecule has 0 saturated carbocycles. The number of hydrogen-bond acceptors (Lipinski definition) is 4. The van der Waals surface area contributed by atoms with Crippen LogP contribution in [0.1, 0.15) is 57.4 Å². The van der Waals surface area contributed by atoms with Crippen molar-refractivity contribution in [1.29, 1.82) is 0 Å². The van der Waals surface area contributed by atoms with Crippen molar-refractivity contribution in [2.45, 2.75) is 63.2 Å². The Kier molecular flexibility index (Phi) is 8.13. The summed E-state index contributed by atoms with van der Waals surface area (Å²) in [5.41, 5.74) is 0.919. The third-order valence-electron chi connectivity index (χ3n) is 4.47. The third kappa shape index (κ3) is 6.88. The van der Waals surface area contributed by atoms with E-state index in [1.54, 1.807) is 12.1 Å². The van der Waals surface area contributed by atoms with Gasteiger partial charge in [-0.15, -0.1) is 0 Å². The van der Waals surface area contributed by atoms with Gasteiger partial charge < -0.3 is 9.84 Å². The van der Waals surface area contributed by atoms with Gasteiger partial charge in [-0.3, -0.25) is 4.55 Å². The molecule has 2 rings (SSSR count). The van der Waals surface area contributed by atoms with E-state index in [1.165, 1.54) is 56.4 Å². The number of rotatable bonds is 11. The summed E-state index contributed by atoms with van der Waals surface area (Å²) < 4.78 is 37.1. The highest BCUT2D eigenvalue weighted by atomic mass is 32.2. The second-order valence-corrected chi connectivity index (χ2v) is 8.11. The maximum absolute atomic E-state index is 11.1. The summed E-state index contributed by atoms with van der Waals surface area (Å²) in [6, 6.07) is 10.7. The van der Waals surface area contributed by atoms with E-state index in [1.807, 2.05) is 6.07 Å². The molecule has 0 aromatic heterocycles. The zero-order valence-corrected chi connectivity index (χ0v) is 16.5. The number of phenolic OH excluding ortho intramolecular Hbond substituents is 1. The van der Waals surface area contributed by atoms with E-state index < -0.39 is 10.1 Å². The number of para-hydroxylation sites is 1. The number of ether oxygens (including phenoxy) is 1. The number of unbranched alkanes of at least 4 members (excludes halogenated alkanes) is 6. The monoisotopic (exact) mass is 392 g/mol. The molecule has 2 N–H and O–H groups in total. The number of aryl methyl sites for hydroxylation is 1. The maximum Gasteiger partial charge on any atom is 0.294 e. The van der Waals surface area contributed by atoms with E-state index in [-0.39, 0.29) is 10.6 Å². The van der Waals surface area contributed by atoms with E-state index in [2.05, 4.69) is 6.92 Å². The summed E-state index contributed by atoms with van der Waals surface area (Å²) in [4.78, 5) is -0.199. The van der Waals surface area contributed by atoms with Gasteiger partial charge in [-0.25, -0.2) is 0 Å². The average Bonchev–Trinajstić information content (AvgIpc) is 2.63. The quantitative estimate of drug-likeness (QED) is 0.377. The minimum Gasteiger partial charge on any atom is -0.504 e. The van der Waals surface area contributed by atoms with Crippen LogP contribution < -0.4 is 4.74 Å². The van der Waals surface area contributed by atoms with Crippen LogP contribution in [0.15, 0.2) is 47.4 Å². The Morgan fingerprint density at radius 2 is 1.52 bits per heavy atom. The number of phenols is 1. The molecule has 2 aromatic rings. The SMILES string of the molecule is CCCCCCCCCc1cccc(O)c1Oc1ccc(S(=O)(=O)O)cc1. The number of aromatic hydroxyl groups is 1. The van der Waals surface area contributed by atoms with Gasteiger partial charge in [-0.05, 0) is 48.7 Å². The lowest BCUT2D eigenvalue weighted by Crippen LogP contribution is -1.98. The summed E-state index contributed by atoms with van der Waals surface area (Å²) in [7, 11) is -4.24. The Labute approximate surface area is 161 Å². The second kappa shape index (κ2) is 10.3. The molecule has 27 heavy (non-hydrogen) atoms. The van der Waals surface area contributed by atoms with Crippen LogP contribution in [-0.4, -0.2) is 18.1 Å². The Hall–Kier alpha value is -2.05. The van der Waals surface area contributed by atoms with Gasteiger partial charge in [0.25, 0.3) is 10.1 Å². The molecule has 0 unspecified atom stereocenters. The van der Waals surface area contributed by atoms with Gasteiger partial charge in [0.2, 0.25) is 0 Å². The molecule has 0 bridgehead atoms. The van der Waals surface area contributed by atoms with E-state index >= 15 is 0 Å². The minimum absolute atomic E-state index is 0.0503. The van der Waals surface area contributed by atoms with Crippen molar-refractivity contribution in [3.8, 4) is 17.2 Å². The minimum atomic E-state index is -4.24. The molecule has 0 radical (unpaired) electrons. The molecule has 0 fully saturated rings. The molecule has 0 aliphatic rings. The first kappa shape index (κ1) is 21.3. The van der Waals surface area contributed by atoms with Gasteiger partial charge in [-0.1, -0.05) is 57.6 Å². The summed E-state index contributed by atoms with van der Waals surface area (Å²) >= 11 is 0. The first-order valence-electron chi connectivity index (χ1n) is 9.48. The van der Waals surface area contributed by atoms with Crippen molar-refractivity contribution in [2.75, 3.05) is 0 Å². The van der Waals surface area contributed by atoms with Crippen LogP contribution >= 0.6 is 0 Å². The highest BCUT2D eigenvalue weighted by molar-refractivity contribution is 7.85. The standard InChI is InChI=1S/C21H28O5S/c1-2-3-4-5-6-7-8-10-17-11-9-12-20(22)21(17)26-18-13-15-19(16-14-18)27(23,24)25/h9,11-16,22H,2-8,10H2,1H3,(H,23,24,25). The predicted molar refractivity (Wildman–Crippen MR) is 106 cm³/mol. The fourth-order valence-electron chi connectivity index (χ4n) is 2.96. The molecule has 0 atom stereocenters. The van der Waals surface area contributed by atoms with Crippen molar-refractivity contribution in [3.63, 3.8) is 0 Å². The van der Waals surface area contributed by atoms with Crippen LogP contribution in [-0.2, 0) is 16.5 Å². The lowest BCUT2D eigenvalue weighted by Gasteiger charge is -2.13. The van der Waals surface area contributed by atoms with E-state index in [0.717, 1.165) is 24.8 Å². The molecule has 0 heterocycles. The highest BCUT2D eigenvalue weighted by Crippen LogP contribution is 2.35. The normalized spacial score (nSPS) is 11.5. The summed E-state index contributed by atoms with van der Waals surface area (Å²) in [5, 5.41) is 10.2. The lowest BCUT2D eigenvalue weighted by atomic mass is 10.0. The first-order chi connectivity index (χ1) is 12.9. The zero-order chi connectivity index (χ0) is 19.7. The van der Waals surface area contributed by atoms with Crippen molar-refractivity contribution < 1.29 is 22.8 Å². The van der Waals surface area contributed by atoms with Crippen molar-refractivity contribution >= 4 is 10.1 Å². The van der Waals surface area contributed by atoms with Crippen LogP contribution in [0.2, 0.25) is 0 Å². The van der Waals surface area contributed by atoms with Crippen molar-refractivity contribution in [2.24, 2.45) is 0 Å². The fourth-order valence-corrected chi connectivity index (χ4v) is 3.44. The number of hydrogen-bond donors (Lipinski definition) is 2. The van der Waals surface area contributed by atoms with Gasteiger partial charge in [0.15, 0.2) is 11.5 Å². The molecular formula is C21H28O5S. The highest BCUT2D eigenvalue weighted by Gasteiger charge is 2.12. The smallest absolute Gasteiger partial charge is 0.294 e. The molecule has 0 spiro atoms. The molecule has 148 valence electrons.